The summed E-state index contributed by atoms with van der Waals surface area (Å²) < 4.78 is 6.04. The molecule has 0 spiro atoms. The molecule has 4 heterocycles. The van der Waals surface area contributed by atoms with Gasteiger partial charge in [0.2, 0.25) is 5.91 Å². The highest BCUT2D eigenvalue weighted by Gasteiger charge is 2.25. The van der Waals surface area contributed by atoms with Crippen molar-refractivity contribution in [2.45, 2.75) is 69.9 Å². The number of aromatic amines is 1. The van der Waals surface area contributed by atoms with Crippen LogP contribution in [0.1, 0.15) is 57.1 Å². The van der Waals surface area contributed by atoms with Crippen molar-refractivity contribution in [1.29, 1.82) is 0 Å². The monoisotopic (exact) mass is 448 g/mol. The largest absolute Gasteiger partial charge is 0.487 e. The van der Waals surface area contributed by atoms with Crippen molar-refractivity contribution < 1.29 is 9.53 Å². The van der Waals surface area contributed by atoms with E-state index in [1.54, 1.807) is 12.4 Å². The lowest BCUT2D eigenvalue weighted by Crippen LogP contribution is -2.44. The quantitative estimate of drug-likeness (QED) is 0.565. The molecule has 33 heavy (non-hydrogen) atoms. The first-order chi connectivity index (χ1) is 16.3. The topological polar surface area (TPSA) is 96.0 Å². The Morgan fingerprint density at radius 3 is 2.91 bits per heavy atom. The number of nitrogens with zero attached hydrogens (tertiary/aromatic N) is 4. The molecule has 0 radical (unpaired) electrons. The molecule has 2 aliphatic rings. The fourth-order valence-corrected chi connectivity index (χ4v) is 5.01. The van der Waals surface area contributed by atoms with Crippen LogP contribution in [0.3, 0.4) is 0 Å². The standard InChI is InChI=1S/C25H32N6O2/c32-23(31-15-5-9-20(17-31)33-19-8-4-13-26-16-19)11-10-21-24-22(30-29-21)12-14-27-25(24)28-18-6-2-1-3-7-18/h4,8,12-14,16,18,20H,1-3,5-7,9-11,15,17H2,(H,27,28)(H,29,30). The van der Waals surface area contributed by atoms with Crippen molar-refractivity contribution >= 4 is 22.6 Å². The van der Waals surface area contributed by atoms with Crippen molar-refractivity contribution in [2.75, 3.05) is 18.4 Å². The Hall–Kier alpha value is -3.16. The molecular weight excluding hydrogens is 416 g/mol. The third kappa shape index (κ3) is 5.26. The fourth-order valence-electron chi connectivity index (χ4n) is 5.01. The van der Waals surface area contributed by atoms with Gasteiger partial charge in [0.05, 0.1) is 29.3 Å². The van der Waals surface area contributed by atoms with Gasteiger partial charge in [-0.25, -0.2) is 4.98 Å². The summed E-state index contributed by atoms with van der Waals surface area (Å²) in [6, 6.07) is 6.18. The van der Waals surface area contributed by atoms with Gasteiger partial charge in [0.1, 0.15) is 17.7 Å². The van der Waals surface area contributed by atoms with E-state index in [2.05, 4.69) is 25.5 Å². The number of likely N-dealkylation sites (tertiary alicyclic amines) is 1. The highest BCUT2D eigenvalue weighted by atomic mass is 16.5. The predicted octanol–water partition coefficient (Wildman–Crippen LogP) is 4.10. The number of rotatable bonds is 7. The molecule has 0 aromatic carbocycles. The van der Waals surface area contributed by atoms with Gasteiger partial charge in [-0.3, -0.25) is 14.9 Å². The van der Waals surface area contributed by atoms with E-state index in [-0.39, 0.29) is 12.0 Å². The Bertz CT molecular complexity index is 1060. The molecule has 1 aliphatic heterocycles. The van der Waals surface area contributed by atoms with Crippen LogP contribution < -0.4 is 10.1 Å². The Balaban J connectivity index is 1.21. The van der Waals surface area contributed by atoms with E-state index in [9.17, 15) is 4.79 Å². The second kappa shape index (κ2) is 10.2. The van der Waals surface area contributed by atoms with Gasteiger partial charge in [-0.05, 0) is 43.9 Å². The van der Waals surface area contributed by atoms with Gasteiger partial charge in [0.15, 0.2) is 0 Å². The zero-order valence-corrected chi connectivity index (χ0v) is 19.0. The predicted molar refractivity (Wildman–Crippen MR) is 127 cm³/mol. The number of aryl methyl sites for hydroxylation is 1. The maximum atomic E-state index is 13.0. The number of carbonyl (C=O) groups excluding carboxylic acids is 1. The molecule has 1 unspecified atom stereocenters. The van der Waals surface area contributed by atoms with E-state index in [0.29, 0.717) is 25.4 Å². The lowest BCUT2D eigenvalue weighted by atomic mass is 9.95. The molecule has 1 amide bonds. The molecule has 174 valence electrons. The summed E-state index contributed by atoms with van der Waals surface area (Å²) in [5.41, 5.74) is 1.87. The molecule has 0 bridgehead atoms. The minimum Gasteiger partial charge on any atom is -0.487 e. The fraction of sp³-hybridized carbons (Fsp3) is 0.520. The average molecular weight is 449 g/mol. The van der Waals surface area contributed by atoms with Gasteiger partial charge in [-0.1, -0.05) is 19.3 Å². The molecule has 1 saturated carbocycles. The van der Waals surface area contributed by atoms with Crippen molar-refractivity contribution in [3.8, 4) is 5.75 Å². The van der Waals surface area contributed by atoms with E-state index >= 15 is 0 Å². The van der Waals surface area contributed by atoms with E-state index in [1.807, 2.05) is 29.3 Å². The Morgan fingerprint density at radius 1 is 1.15 bits per heavy atom. The first-order valence-corrected chi connectivity index (χ1v) is 12.2. The summed E-state index contributed by atoms with van der Waals surface area (Å²) in [6.45, 7) is 1.40. The smallest absolute Gasteiger partial charge is 0.223 e. The van der Waals surface area contributed by atoms with E-state index in [4.69, 9.17) is 4.74 Å². The number of fused-ring (bicyclic) bond motifs is 1. The number of nitrogens with one attached hydrogen (secondary N) is 2. The lowest BCUT2D eigenvalue weighted by molar-refractivity contribution is -0.133. The third-order valence-electron chi connectivity index (χ3n) is 6.74. The number of pyridine rings is 2. The zero-order chi connectivity index (χ0) is 22.5. The minimum atomic E-state index is 0.00797. The molecular formula is C25H32N6O2. The lowest BCUT2D eigenvalue weighted by Gasteiger charge is -2.33. The summed E-state index contributed by atoms with van der Waals surface area (Å²) in [5, 5.41) is 12.3. The maximum Gasteiger partial charge on any atom is 0.223 e. The number of carbonyl (C=O) groups is 1. The summed E-state index contributed by atoms with van der Waals surface area (Å²) in [5.74, 6) is 1.79. The minimum absolute atomic E-state index is 0.00797. The van der Waals surface area contributed by atoms with Crippen molar-refractivity contribution in [3.63, 3.8) is 0 Å². The van der Waals surface area contributed by atoms with Crippen LogP contribution in [0, 0.1) is 0 Å². The Labute approximate surface area is 194 Å². The molecule has 3 aromatic heterocycles. The third-order valence-corrected chi connectivity index (χ3v) is 6.74. The van der Waals surface area contributed by atoms with Gasteiger partial charge < -0.3 is 15.0 Å². The highest BCUT2D eigenvalue weighted by molar-refractivity contribution is 5.92. The molecule has 5 rings (SSSR count). The van der Waals surface area contributed by atoms with Gasteiger partial charge >= 0.3 is 0 Å². The summed E-state index contributed by atoms with van der Waals surface area (Å²) in [7, 11) is 0. The second-order valence-corrected chi connectivity index (χ2v) is 9.14. The first kappa shape index (κ1) is 21.7. The second-order valence-electron chi connectivity index (χ2n) is 9.14. The van der Waals surface area contributed by atoms with Crippen molar-refractivity contribution in [1.82, 2.24) is 25.1 Å². The number of hydrogen-bond acceptors (Lipinski definition) is 6. The summed E-state index contributed by atoms with van der Waals surface area (Å²) >= 11 is 0. The molecule has 1 aliphatic carbocycles. The van der Waals surface area contributed by atoms with Crippen LogP contribution in [0.15, 0.2) is 36.8 Å². The number of anilines is 1. The summed E-state index contributed by atoms with van der Waals surface area (Å²) in [4.78, 5) is 23.7. The number of amides is 1. The van der Waals surface area contributed by atoms with Crippen LogP contribution in [-0.2, 0) is 11.2 Å². The molecule has 1 saturated heterocycles. The van der Waals surface area contributed by atoms with E-state index in [0.717, 1.165) is 47.6 Å². The maximum absolute atomic E-state index is 13.0. The van der Waals surface area contributed by atoms with Gasteiger partial charge in [0, 0.05) is 37.8 Å². The van der Waals surface area contributed by atoms with E-state index in [1.165, 1.54) is 32.1 Å². The number of H-pyrrole nitrogens is 1. The van der Waals surface area contributed by atoms with Gasteiger partial charge in [0.25, 0.3) is 0 Å². The number of hydrogen-bond donors (Lipinski definition) is 2. The molecule has 2 fully saturated rings. The molecule has 3 aromatic rings. The Kier molecular flexibility index (Phi) is 6.69. The van der Waals surface area contributed by atoms with Crippen LogP contribution in [-0.4, -0.2) is 56.2 Å². The number of piperidine rings is 1. The molecule has 2 N–H and O–H groups in total. The van der Waals surface area contributed by atoms with Crippen LogP contribution >= 0.6 is 0 Å². The number of aromatic nitrogens is 4. The van der Waals surface area contributed by atoms with Gasteiger partial charge in [-0.15, -0.1) is 0 Å². The number of ether oxygens (including phenoxy) is 1. The molecule has 8 heteroatoms. The average Bonchev–Trinajstić information content (AvgIpc) is 3.28. The molecule has 8 nitrogen and oxygen atoms in total. The summed E-state index contributed by atoms with van der Waals surface area (Å²) in [6.07, 6.45) is 14.4. The van der Waals surface area contributed by atoms with Crippen LogP contribution in [0.4, 0.5) is 5.82 Å². The van der Waals surface area contributed by atoms with Crippen LogP contribution in [0.25, 0.3) is 10.9 Å². The van der Waals surface area contributed by atoms with Crippen molar-refractivity contribution in [2.24, 2.45) is 0 Å². The van der Waals surface area contributed by atoms with E-state index < -0.39 is 0 Å². The normalized spacial score (nSPS) is 19.5. The van der Waals surface area contributed by atoms with Crippen LogP contribution in [0.5, 0.6) is 5.75 Å². The van der Waals surface area contributed by atoms with Crippen LogP contribution in [0.2, 0.25) is 0 Å². The van der Waals surface area contributed by atoms with Gasteiger partial charge in [-0.2, -0.15) is 5.10 Å². The zero-order valence-electron chi connectivity index (χ0n) is 19.0. The van der Waals surface area contributed by atoms with Crippen molar-refractivity contribution in [3.05, 3.63) is 42.5 Å². The molecule has 1 atom stereocenters. The SMILES string of the molecule is O=C(CCc1n[nH]c2ccnc(NC3CCCCC3)c12)N1CCCC(Oc2cccnc2)C1. The Morgan fingerprint density at radius 2 is 2.06 bits per heavy atom. The highest BCUT2D eigenvalue weighted by Crippen LogP contribution is 2.28. The first-order valence-electron chi connectivity index (χ1n) is 12.2.